The Morgan fingerprint density at radius 3 is 2.74 bits per heavy atom. The largest absolute Gasteiger partial charge is 0.497 e. The molecular formula is C22H24N4O4S. The molecule has 4 rings (SSSR count). The van der Waals surface area contributed by atoms with Crippen molar-refractivity contribution in [3.63, 3.8) is 0 Å². The van der Waals surface area contributed by atoms with Gasteiger partial charge in [-0.15, -0.1) is 11.3 Å². The first kappa shape index (κ1) is 20.9. The van der Waals surface area contributed by atoms with E-state index in [9.17, 15) is 9.59 Å². The van der Waals surface area contributed by atoms with E-state index in [1.54, 1.807) is 29.7 Å². The van der Waals surface area contributed by atoms with Crippen LogP contribution in [0.1, 0.15) is 35.5 Å². The number of carbonyl (C=O) groups is 2. The zero-order valence-corrected chi connectivity index (χ0v) is 18.0. The molecule has 1 aliphatic rings. The molecule has 31 heavy (non-hydrogen) atoms. The number of anilines is 2. The summed E-state index contributed by atoms with van der Waals surface area (Å²) in [7, 11) is 1.62. The van der Waals surface area contributed by atoms with Gasteiger partial charge >= 0.3 is 0 Å². The number of methoxy groups -OCH3 is 1. The van der Waals surface area contributed by atoms with Crippen molar-refractivity contribution in [1.82, 2.24) is 15.2 Å². The normalized spacial score (nSPS) is 12.9. The van der Waals surface area contributed by atoms with Crippen LogP contribution < -0.4 is 15.4 Å². The lowest BCUT2D eigenvalue weighted by Gasteiger charge is -2.20. The Kier molecular flexibility index (Phi) is 6.51. The second-order valence-corrected chi connectivity index (χ2v) is 8.15. The fraction of sp³-hybridized carbons (Fsp3) is 0.318. The number of nitrogens with zero attached hydrogens (tertiary/aromatic N) is 2. The lowest BCUT2D eigenvalue weighted by atomic mass is 10.3. The number of ether oxygens (including phenoxy) is 1. The highest BCUT2D eigenvalue weighted by Crippen LogP contribution is 2.24. The number of hydrogen-bond donors (Lipinski definition) is 2. The molecule has 0 bridgehead atoms. The number of rotatable bonds is 10. The van der Waals surface area contributed by atoms with E-state index in [0.717, 1.165) is 24.3 Å². The summed E-state index contributed by atoms with van der Waals surface area (Å²) in [5, 5.41) is 8.47. The highest BCUT2D eigenvalue weighted by Gasteiger charge is 2.25. The van der Waals surface area contributed by atoms with Crippen LogP contribution in [-0.4, -0.2) is 41.4 Å². The number of thiazole rings is 1. The molecule has 0 radical (unpaired) electrons. The van der Waals surface area contributed by atoms with Crippen LogP contribution in [0.25, 0.3) is 0 Å². The van der Waals surface area contributed by atoms with E-state index in [-0.39, 0.29) is 31.3 Å². The average molecular weight is 441 g/mol. The third kappa shape index (κ3) is 5.85. The molecule has 1 aliphatic carbocycles. The molecule has 1 saturated carbocycles. The van der Waals surface area contributed by atoms with Crippen LogP contribution in [0.5, 0.6) is 5.75 Å². The van der Waals surface area contributed by atoms with Crippen LogP contribution >= 0.6 is 11.3 Å². The van der Waals surface area contributed by atoms with Gasteiger partial charge in [0.2, 0.25) is 5.91 Å². The zero-order chi connectivity index (χ0) is 21.6. The number of furan rings is 1. The van der Waals surface area contributed by atoms with Gasteiger partial charge in [0, 0.05) is 30.1 Å². The first-order chi connectivity index (χ1) is 15.1. The standard InChI is InChI=1S/C22H24N4O4S/c1-29-17-8-6-16(7-9-17)24-22-25-19(14-31-22)21(28)26(13-18-3-2-12-30-18)11-10-20(27)23-15-4-5-15/h2-3,6-9,12,14-15H,4-5,10-11,13H2,1H3,(H,23,27)(H,24,25). The quantitative estimate of drug-likeness (QED) is 0.498. The van der Waals surface area contributed by atoms with Crippen LogP contribution in [0.15, 0.2) is 52.5 Å². The summed E-state index contributed by atoms with van der Waals surface area (Å²) in [5.74, 6) is 1.14. The monoisotopic (exact) mass is 440 g/mol. The Labute approximate surface area is 184 Å². The van der Waals surface area contributed by atoms with Crippen molar-refractivity contribution in [2.75, 3.05) is 19.0 Å². The smallest absolute Gasteiger partial charge is 0.273 e. The summed E-state index contributed by atoms with van der Waals surface area (Å²) in [6.07, 6.45) is 3.87. The third-order valence-electron chi connectivity index (χ3n) is 4.83. The second kappa shape index (κ2) is 9.65. The Bertz CT molecular complexity index is 1010. The van der Waals surface area contributed by atoms with Crippen molar-refractivity contribution < 1.29 is 18.7 Å². The van der Waals surface area contributed by atoms with Crippen LogP contribution in [-0.2, 0) is 11.3 Å². The molecule has 0 saturated heterocycles. The van der Waals surface area contributed by atoms with Crippen molar-refractivity contribution in [2.24, 2.45) is 0 Å². The van der Waals surface area contributed by atoms with Crippen molar-refractivity contribution in [2.45, 2.75) is 31.8 Å². The van der Waals surface area contributed by atoms with Crippen LogP contribution in [0.4, 0.5) is 10.8 Å². The van der Waals surface area contributed by atoms with E-state index in [2.05, 4.69) is 15.6 Å². The molecule has 0 aliphatic heterocycles. The SMILES string of the molecule is COc1ccc(Nc2nc(C(=O)N(CCC(=O)NC3CC3)Cc3ccco3)cs2)cc1. The second-order valence-electron chi connectivity index (χ2n) is 7.29. The predicted octanol–water partition coefficient (Wildman–Crippen LogP) is 3.80. The first-order valence-corrected chi connectivity index (χ1v) is 11.0. The van der Waals surface area contributed by atoms with E-state index in [1.165, 1.54) is 11.3 Å². The number of aromatic nitrogens is 1. The molecule has 2 aromatic heterocycles. The van der Waals surface area contributed by atoms with Gasteiger partial charge in [-0.3, -0.25) is 9.59 Å². The minimum Gasteiger partial charge on any atom is -0.497 e. The van der Waals surface area contributed by atoms with E-state index in [4.69, 9.17) is 9.15 Å². The van der Waals surface area contributed by atoms with Gasteiger partial charge in [0.05, 0.1) is 19.9 Å². The van der Waals surface area contributed by atoms with Crippen LogP contribution in [0, 0.1) is 0 Å². The van der Waals surface area contributed by atoms with Crippen molar-refractivity contribution in [1.29, 1.82) is 0 Å². The first-order valence-electron chi connectivity index (χ1n) is 10.1. The van der Waals surface area contributed by atoms with Gasteiger partial charge in [0.15, 0.2) is 5.13 Å². The number of carbonyl (C=O) groups excluding carboxylic acids is 2. The zero-order valence-electron chi connectivity index (χ0n) is 17.2. The average Bonchev–Trinajstić information content (AvgIpc) is 3.24. The summed E-state index contributed by atoms with van der Waals surface area (Å²) >= 11 is 1.35. The van der Waals surface area contributed by atoms with Crippen molar-refractivity contribution in [3.05, 3.63) is 59.5 Å². The molecule has 0 spiro atoms. The fourth-order valence-corrected chi connectivity index (χ4v) is 3.70. The summed E-state index contributed by atoms with van der Waals surface area (Å²) in [6.45, 7) is 0.568. The molecular weight excluding hydrogens is 416 g/mol. The van der Waals surface area contributed by atoms with Crippen LogP contribution in [0.3, 0.4) is 0 Å². The molecule has 2 heterocycles. The summed E-state index contributed by atoms with van der Waals surface area (Å²) in [6, 6.07) is 11.3. The van der Waals surface area contributed by atoms with Gasteiger partial charge in [-0.25, -0.2) is 4.98 Å². The molecule has 1 fully saturated rings. The summed E-state index contributed by atoms with van der Waals surface area (Å²) in [4.78, 5) is 31.3. The molecule has 2 N–H and O–H groups in total. The van der Waals surface area contributed by atoms with Gasteiger partial charge in [-0.05, 0) is 49.2 Å². The fourth-order valence-electron chi connectivity index (χ4n) is 3.00. The Morgan fingerprint density at radius 1 is 1.26 bits per heavy atom. The van der Waals surface area contributed by atoms with E-state index >= 15 is 0 Å². The minimum atomic E-state index is -0.241. The van der Waals surface area contributed by atoms with E-state index in [0.29, 0.717) is 22.6 Å². The molecule has 9 heteroatoms. The van der Waals surface area contributed by atoms with Crippen molar-refractivity contribution >= 4 is 34.0 Å². The van der Waals surface area contributed by atoms with Gasteiger partial charge in [-0.2, -0.15) is 0 Å². The highest BCUT2D eigenvalue weighted by atomic mass is 32.1. The Hall–Kier alpha value is -3.33. The summed E-state index contributed by atoms with van der Waals surface area (Å²) in [5.41, 5.74) is 1.17. The van der Waals surface area contributed by atoms with E-state index in [1.807, 2.05) is 30.3 Å². The minimum absolute atomic E-state index is 0.0418. The van der Waals surface area contributed by atoms with Crippen LogP contribution in [0.2, 0.25) is 0 Å². The maximum atomic E-state index is 13.1. The van der Waals surface area contributed by atoms with Gasteiger partial charge in [-0.1, -0.05) is 0 Å². The highest BCUT2D eigenvalue weighted by molar-refractivity contribution is 7.14. The molecule has 1 aromatic carbocycles. The molecule has 2 amide bonds. The number of amides is 2. The maximum Gasteiger partial charge on any atom is 0.273 e. The Balaban J connectivity index is 1.41. The number of hydrogen-bond acceptors (Lipinski definition) is 7. The molecule has 162 valence electrons. The van der Waals surface area contributed by atoms with Gasteiger partial charge < -0.3 is 24.7 Å². The van der Waals surface area contributed by atoms with Gasteiger partial charge in [0.1, 0.15) is 17.2 Å². The Morgan fingerprint density at radius 2 is 2.06 bits per heavy atom. The molecule has 0 unspecified atom stereocenters. The molecule has 8 nitrogen and oxygen atoms in total. The van der Waals surface area contributed by atoms with E-state index < -0.39 is 0 Å². The molecule has 0 atom stereocenters. The summed E-state index contributed by atoms with van der Waals surface area (Å²) < 4.78 is 10.6. The number of benzene rings is 1. The molecule has 3 aromatic rings. The number of nitrogens with one attached hydrogen (secondary N) is 2. The topological polar surface area (TPSA) is 96.7 Å². The van der Waals surface area contributed by atoms with Gasteiger partial charge in [0.25, 0.3) is 5.91 Å². The lowest BCUT2D eigenvalue weighted by Crippen LogP contribution is -2.35. The predicted molar refractivity (Wildman–Crippen MR) is 118 cm³/mol. The third-order valence-corrected chi connectivity index (χ3v) is 5.59. The maximum absolute atomic E-state index is 13.1. The van der Waals surface area contributed by atoms with Crippen molar-refractivity contribution in [3.8, 4) is 5.75 Å². The lowest BCUT2D eigenvalue weighted by molar-refractivity contribution is -0.121.